The number of rotatable bonds is 3. The largest absolute Gasteiger partial charge is 0.496 e. The molecule has 0 saturated carbocycles. The van der Waals surface area contributed by atoms with E-state index in [9.17, 15) is 9.18 Å². The maximum Gasteiger partial charge on any atom is 0.363 e. The Kier molecular flexibility index (Phi) is 4.25. The Hall–Kier alpha value is -2.47. The fourth-order valence-electron chi connectivity index (χ4n) is 2.13. The molecule has 1 aliphatic heterocycles. The average Bonchev–Trinajstić information content (AvgIpc) is 2.88. The van der Waals surface area contributed by atoms with Gasteiger partial charge in [-0.15, -0.1) is 0 Å². The van der Waals surface area contributed by atoms with Crippen LogP contribution in [0.25, 0.3) is 6.08 Å². The molecule has 4 nitrogen and oxygen atoms in total. The molecule has 0 amide bonds. The van der Waals surface area contributed by atoms with Gasteiger partial charge in [0.2, 0.25) is 5.90 Å². The normalized spacial score (nSPS) is 15.5. The van der Waals surface area contributed by atoms with Crippen molar-refractivity contribution < 1.29 is 18.7 Å². The number of esters is 1. The molecule has 0 fully saturated rings. The zero-order chi connectivity index (χ0) is 16.4. The van der Waals surface area contributed by atoms with Crippen LogP contribution >= 0.6 is 15.9 Å². The van der Waals surface area contributed by atoms with E-state index in [1.54, 1.807) is 24.3 Å². The van der Waals surface area contributed by atoms with Crippen molar-refractivity contribution in [3.05, 3.63) is 69.6 Å². The van der Waals surface area contributed by atoms with E-state index in [0.717, 1.165) is 4.47 Å². The lowest BCUT2D eigenvalue weighted by molar-refractivity contribution is -0.129. The molecule has 1 aliphatic rings. The van der Waals surface area contributed by atoms with Gasteiger partial charge in [-0.05, 0) is 42.0 Å². The molecule has 116 valence electrons. The molecule has 0 aromatic heterocycles. The van der Waals surface area contributed by atoms with E-state index in [1.807, 2.05) is 6.07 Å². The van der Waals surface area contributed by atoms with E-state index in [1.165, 1.54) is 25.3 Å². The van der Waals surface area contributed by atoms with Crippen LogP contribution in [0.1, 0.15) is 11.1 Å². The van der Waals surface area contributed by atoms with E-state index in [0.29, 0.717) is 16.9 Å². The Labute approximate surface area is 140 Å². The highest BCUT2D eigenvalue weighted by Gasteiger charge is 2.26. The average molecular weight is 376 g/mol. The van der Waals surface area contributed by atoms with Gasteiger partial charge in [-0.1, -0.05) is 28.1 Å². The number of aliphatic imine (C=N–C) groups is 1. The second-order valence-corrected chi connectivity index (χ2v) is 5.65. The first-order chi connectivity index (χ1) is 11.1. The summed E-state index contributed by atoms with van der Waals surface area (Å²) in [5, 5.41) is 0. The smallest absolute Gasteiger partial charge is 0.363 e. The number of carbonyl (C=O) groups excluding carboxylic acids is 1. The summed E-state index contributed by atoms with van der Waals surface area (Å²) in [6.07, 6.45) is 1.48. The maximum absolute atomic E-state index is 13.2. The summed E-state index contributed by atoms with van der Waals surface area (Å²) in [7, 11) is 1.52. The lowest BCUT2D eigenvalue weighted by atomic mass is 10.2. The van der Waals surface area contributed by atoms with Crippen LogP contribution in [0.3, 0.4) is 0 Å². The summed E-state index contributed by atoms with van der Waals surface area (Å²) in [6.45, 7) is 0. The minimum atomic E-state index is -0.591. The van der Waals surface area contributed by atoms with Gasteiger partial charge >= 0.3 is 5.97 Å². The molecular formula is C17H11BrFNO3. The second-order valence-electron chi connectivity index (χ2n) is 4.74. The third kappa shape index (κ3) is 3.32. The summed E-state index contributed by atoms with van der Waals surface area (Å²) >= 11 is 3.36. The number of carbonyl (C=O) groups is 1. The maximum atomic E-state index is 13.2. The van der Waals surface area contributed by atoms with Crippen molar-refractivity contribution in [1.29, 1.82) is 0 Å². The van der Waals surface area contributed by atoms with Gasteiger partial charge in [0.15, 0.2) is 5.70 Å². The van der Waals surface area contributed by atoms with Gasteiger partial charge in [0.1, 0.15) is 11.6 Å². The van der Waals surface area contributed by atoms with Crippen LogP contribution in [0.15, 0.2) is 57.6 Å². The van der Waals surface area contributed by atoms with Gasteiger partial charge in [-0.2, -0.15) is 0 Å². The molecule has 0 unspecified atom stereocenters. The Balaban J connectivity index is 2.00. The molecule has 0 saturated heterocycles. The van der Waals surface area contributed by atoms with E-state index < -0.39 is 5.97 Å². The summed E-state index contributed by atoms with van der Waals surface area (Å²) in [4.78, 5) is 16.2. The fraction of sp³-hybridized carbons (Fsp3) is 0.0588. The molecule has 2 aromatic rings. The highest BCUT2D eigenvalue weighted by molar-refractivity contribution is 9.10. The number of halogens is 2. The lowest BCUT2D eigenvalue weighted by Crippen LogP contribution is -2.07. The molecular weight excluding hydrogens is 365 g/mol. The minimum Gasteiger partial charge on any atom is -0.496 e. The minimum absolute atomic E-state index is 0.104. The number of ether oxygens (including phenoxy) is 2. The van der Waals surface area contributed by atoms with Crippen molar-refractivity contribution in [2.24, 2.45) is 4.99 Å². The summed E-state index contributed by atoms with van der Waals surface area (Å²) in [5.41, 5.74) is 1.19. The van der Waals surface area contributed by atoms with Crippen molar-refractivity contribution in [1.82, 2.24) is 0 Å². The van der Waals surface area contributed by atoms with Gasteiger partial charge in [0.25, 0.3) is 0 Å². The quantitative estimate of drug-likeness (QED) is 0.602. The number of hydrogen-bond donors (Lipinski definition) is 0. The number of methoxy groups -OCH3 is 1. The predicted molar refractivity (Wildman–Crippen MR) is 87.7 cm³/mol. The third-order valence-corrected chi connectivity index (χ3v) is 3.66. The van der Waals surface area contributed by atoms with Gasteiger partial charge in [0, 0.05) is 4.47 Å². The fourth-order valence-corrected chi connectivity index (χ4v) is 2.49. The molecule has 2 aromatic carbocycles. The predicted octanol–water partition coefficient (Wildman–Crippen LogP) is 3.94. The number of cyclic esters (lactones) is 1. The van der Waals surface area contributed by atoms with E-state index in [-0.39, 0.29) is 17.4 Å². The van der Waals surface area contributed by atoms with E-state index in [2.05, 4.69) is 20.9 Å². The van der Waals surface area contributed by atoms with Crippen LogP contribution in [-0.2, 0) is 9.53 Å². The zero-order valence-corrected chi connectivity index (χ0v) is 13.6. The van der Waals surface area contributed by atoms with Crippen molar-refractivity contribution in [3.8, 4) is 5.75 Å². The Morgan fingerprint density at radius 3 is 2.83 bits per heavy atom. The van der Waals surface area contributed by atoms with Crippen molar-refractivity contribution in [3.63, 3.8) is 0 Å². The van der Waals surface area contributed by atoms with Crippen molar-refractivity contribution in [2.45, 2.75) is 0 Å². The van der Waals surface area contributed by atoms with Crippen LogP contribution in [0.5, 0.6) is 5.75 Å². The topological polar surface area (TPSA) is 47.9 Å². The molecule has 3 rings (SSSR count). The monoisotopic (exact) mass is 375 g/mol. The summed E-state index contributed by atoms with van der Waals surface area (Å²) < 4.78 is 24.5. The lowest BCUT2D eigenvalue weighted by Gasteiger charge is -2.07. The van der Waals surface area contributed by atoms with Gasteiger partial charge < -0.3 is 9.47 Å². The van der Waals surface area contributed by atoms with Gasteiger partial charge in [0.05, 0.1) is 12.7 Å². The second kappa shape index (κ2) is 6.34. The van der Waals surface area contributed by atoms with Crippen molar-refractivity contribution in [2.75, 3.05) is 7.11 Å². The Morgan fingerprint density at radius 1 is 1.26 bits per heavy atom. The van der Waals surface area contributed by atoms with Gasteiger partial charge in [-0.3, -0.25) is 0 Å². The summed E-state index contributed by atoms with van der Waals surface area (Å²) in [6, 6.07) is 11.2. The first-order valence-electron chi connectivity index (χ1n) is 6.69. The van der Waals surface area contributed by atoms with Crippen LogP contribution in [-0.4, -0.2) is 19.0 Å². The zero-order valence-electron chi connectivity index (χ0n) is 12.0. The molecule has 0 spiro atoms. The SMILES string of the molecule is COc1ccc(Br)cc1C1=N/C(=C\c2cccc(F)c2)C(=O)O1. The molecule has 6 heteroatoms. The standard InChI is InChI=1S/C17H11BrFNO3/c1-22-15-6-5-11(18)9-13(15)16-20-14(17(21)23-16)8-10-3-2-4-12(19)7-10/h2-9H,1H3/b14-8-. The van der Waals surface area contributed by atoms with Crippen LogP contribution in [0.4, 0.5) is 4.39 Å². The van der Waals surface area contributed by atoms with Crippen molar-refractivity contribution >= 4 is 33.9 Å². The molecule has 0 atom stereocenters. The molecule has 0 radical (unpaired) electrons. The van der Waals surface area contributed by atoms with Crippen LogP contribution in [0, 0.1) is 5.82 Å². The molecule has 0 aliphatic carbocycles. The van der Waals surface area contributed by atoms with Gasteiger partial charge in [-0.25, -0.2) is 14.2 Å². The Bertz CT molecular complexity index is 845. The molecule has 0 N–H and O–H groups in total. The van der Waals surface area contributed by atoms with Crippen LogP contribution < -0.4 is 4.74 Å². The first kappa shape index (κ1) is 15.4. The summed E-state index contributed by atoms with van der Waals surface area (Å²) in [5.74, 6) is -0.294. The number of hydrogen-bond acceptors (Lipinski definition) is 4. The number of nitrogens with zero attached hydrogens (tertiary/aromatic N) is 1. The van der Waals surface area contributed by atoms with E-state index >= 15 is 0 Å². The molecule has 0 bridgehead atoms. The third-order valence-electron chi connectivity index (χ3n) is 3.16. The molecule has 23 heavy (non-hydrogen) atoms. The highest BCUT2D eigenvalue weighted by atomic mass is 79.9. The molecule has 1 heterocycles. The highest BCUT2D eigenvalue weighted by Crippen LogP contribution is 2.28. The number of benzene rings is 2. The van der Waals surface area contributed by atoms with Crippen LogP contribution in [0.2, 0.25) is 0 Å². The van der Waals surface area contributed by atoms with E-state index in [4.69, 9.17) is 9.47 Å². The first-order valence-corrected chi connectivity index (χ1v) is 7.48. The Morgan fingerprint density at radius 2 is 2.09 bits per heavy atom.